The zero-order valence-electron chi connectivity index (χ0n) is 19.1. The number of para-hydroxylation sites is 1. The number of carbonyl (C=O) groups excluding carboxylic acids is 2. The molecule has 0 spiro atoms. The fourth-order valence-corrected chi connectivity index (χ4v) is 4.42. The number of furan rings is 1. The lowest BCUT2D eigenvalue weighted by Gasteiger charge is -2.19. The average Bonchev–Trinajstić information content (AvgIpc) is 3.42. The van der Waals surface area contributed by atoms with Crippen molar-refractivity contribution in [1.82, 2.24) is 0 Å². The molecule has 34 heavy (non-hydrogen) atoms. The van der Waals surface area contributed by atoms with Crippen molar-refractivity contribution >= 4 is 45.1 Å². The molecule has 3 aromatic carbocycles. The maximum absolute atomic E-state index is 13.3. The quantitative estimate of drug-likeness (QED) is 0.423. The van der Waals surface area contributed by atoms with E-state index in [2.05, 4.69) is 5.32 Å². The molecule has 1 fully saturated rings. The first-order valence-electron chi connectivity index (χ1n) is 10.9. The van der Waals surface area contributed by atoms with Gasteiger partial charge in [0.1, 0.15) is 22.8 Å². The highest BCUT2D eigenvalue weighted by Gasteiger charge is 2.39. The Bertz CT molecular complexity index is 1410. The molecule has 2 amide bonds. The molecule has 0 aliphatic carbocycles. The highest BCUT2D eigenvalue weighted by atomic mass is 16.5. The van der Waals surface area contributed by atoms with Crippen LogP contribution in [0.15, 0.2) is 59.0 Å². The number of carbonyl (C=O) groups is 2. The van der Waals surface area contributed by atoms with Crippen LogP contribution in [-0.4, -0.2) is 39.7 Å². The summed E-state index contributed by atoms with van der Waals surface area (Å²) in [7, 11) is 4.63. The Morgan fingerprint density at radius 3 is 2.44 bits per heavy atom. The van der Waals surface area contributed by atoms with Gasteiger partial charge >= 0.3 is 0 Å². The van der Waals surface area contributed by atoms with E-state index < -0.39 is 5.92 Å². The summed E-state index contributed by atoms with van der Waals surface area (Å²) in [4.78, 5) is 27.8. The Morgan fingerprint density at radius 2 is 1.68 bits per heavy atom. The van der Waals surface area contributed by atoms with E-state index in [0.717, 1.165) is 16.4 Å². The van der Waals surface area contributed by atoms with Gasteiger partial charge in [-0.3, -0.25) is 9.59 Å². The standard InChI is InChI=1S/C26H24N2O6/c1-31-21-9-8-15(12-24(21)33-3)27-25(29)17-10-11-28(26(17)30)19-14-22-18(13-23(19)32-2)16-6-4-5-7-20(16)34-22/h4-9,12-14,17H,10-11H2,1-3H3,(H,27,29)/t17-/m0/s1. The minimum atomic E-state index is -0.816. The number of anilines is 2. The molecule has 1 aromatic heterocycles. The Kier molecular flexibility index (Phi) is 5.49. The lowest BCUT2D eigenvalue weighted by molar-refractivity contribution is -0.129. The second-order valence-corrected chi connectivity index (χ2v) is 8.01. The summed E-state index contributed by atoms with van der Waals surface area (Å²) in [5, 5.41) is 4.70. The van der Waals surface area contributed by atoms with Crippen LogP contribution in [-0.2, 0) is 9.59 Å². The smallest absolute Gasteiger partial charge is 0.239 e. The molecule has 4 aromatic rings. The van der Waals surface area contributed by atoms with Crippen molar-refractivity contribution in [2.24, 2.45) is 5.92 Å². The van der Waals surface area contributed by atoms with Crippen molar-refractivity contribution in [3.63, 3.8) is 0 Å². The molecule has 0 unspecified atom stereocenters. The van der Waals surface area contributed by atoms with E-state index in [1.807, 2.05) is 30.3 Å². The molecule has 8 nitrogen and oxygen atoms in total. The van der Waals surface area contributed by atoms with E-state index in [4.69, 9.17) is 18.6 Å². The first kappa shape index (κ1) is 21.6. The number of ether oxygens (including phenoxy) is 3. The zero-order valence-corrected chi connectivity index (χ0v) is 19.1. The van der Waals surface area contributed by atoms with Crippen LogP contribution in [0, 0.1) is 5.92 Å². The fourth-order valence-electron chi connectivity index (χ4n) is 4.42. The van der Waals surface area contributed by atoms with Gasteiger partial charge in [-0.15, -0.1) is 0 Å². The number of methoxy groups -OCH3 is 3. The summed E-state index contributed by atoms with van der Waals surface area (Å²) in [6.07, 6.45) is 0.388. The van der Waals surface area contributed by atoms with Crippen LogP contribution in [0.3, 0.4) is 0 Å². The molecule has 1 aliphatic heterocycles. The molecule has 1 aliphatic rings. The van der Waals surface area contributed by atoms with Crippen molar-refractivity contribution in [2.75, 3.05) is 38.1 Å². The van der Waals surface area contributed by atoms with Gasteiger partial charge in [-0.05, 0) is 30.7 Å². The van der Waals surface area contributed by atoms with Crippen molar-refractivity contribution < 1.29 is 28.2 Å². The predicted octanol–water partition coefficient (Wildman–Crippen LogP) is 4.60. The third kappa shape index (κ3) is 3.57. The first-order valence-corrected chi connectivity index (χ1v) is 10.9. The minimum Gasteiger partial charge on any atom is -0.495 e. The number of benzene rings is 3. The van der Waals surface area contributed by atoms with Crippen LogP contribution in [0.4, 0.5) is 11.4 Å². The van der Waals surface area contributed by atoms with E-state index in [-0.39, 0.29) is 11.8 Å². The summed E-state index contributed by atoms with van der Waals surface area (Å²) < 4.78 is 22.1. The molecule has 2 heterocycles. The third-order valence-electron chi connectivity index (χ3n) is 6.14. The van der Waals surface area contributed by atoms with E-state index in [0.29, 0.717) is 47.2 Å². The lowest BCUT2D eigenvalue weighted by Crippen LogP contribution is -2.33. The Morgan fingerprint density at radius 1 is 0.912 bits per heavy atom. The summed E-state index contributed by atoms with van der Waals surface area (Å²) in [6, 6.07) is 16.5. The predicted molar refractivity (Wildman–Crippen MR) is 129 cm³/mol. The fraction of sp³-hybridized carbons (Fsp3) is 0.231. The van der Waals surface area contributed by atoms with Gasteiger partial charge < -0.3 is 28.8 Å². The topological polar surface area (TPSA) is 90.2 Å². The van der Waals surface area contributed by atoms with Crippen molar-refractivity contribution in [3.8, 4) is 17.2 Å². The van der Waals surface area contributed by atoms with Crippen molar-refractivity contribution in [1.29, 1.82) is 0 Å². The van der Waals surface area contributed by atoms with Crippen LogP contribution in [0.2, 0.25) is 0 Å². The maximum atomic E-state index is 13.3. The number of amides is 2. The normalized spacial score (nSPS) is 15.7. The highest BCUT2D eigenvalue weighted by molar-refractivity contribution is 6.15. The Hall–Kier alpha value is -4.20. The van der Waals surface area contributed by atoms with Crippen LogP contribution in [0.5, 0.6) is 17.2 Å². The lowest BCUT2D eigenvalue weighted by atomic mass is 10.1. The minimum absolute atomic E-state index is 0.285. The van der Waals surface area contributed by atoms with Crippen LogP contribution in [0.25, 0.3) is 21.9 Å². The number of rotatable bonds is 6. The average molecular weight is 460 g/mol. The maximum Gasteiger partial charge on any atom is 0.239 e. The molecule has 0 saturated carbocycles. The Labute approximate surface area is 196 Å². The second-order valence-electron chi connectivity index (χ2n) is 8.01. The van der Waals surface area contributed by atoms with Gasteiger partial charge in [0, 0.05) is 35.1 Å². The summed E-state index contributed by atoms with van der Waals surface area (Å²) in [5.74, 6) is 0.119. The molecule has 0 radical (unpaired) electrons. The summed E-state index contributed by atoms with van der Waals surface area (Å²) in [6.45, 7) is 0.394. The molecule has 8 heteroatoms. The van der Waals surface area contributed by atoms with Crippen LogP contribution in [0.1, 0.15) is 6.42 Å². The van der Waals surface area contributed by atoms with Gasteiger partial charge in [-0.25, -0.2) is 0 Å². The number of nitrogens with one attached hydrogen (secondary N) is 1. The first-order chi connectivity index (χ1) is 16.5. The van der Waals surface area contributed by atoms with E-state index in [9.17, 15) is 9.59 Å². The molecule has 1 atom stereocenters. The van der Waals surface area contributed by atoms with Gasteiger partial charge in [-0.2, -0.15) is 0 Å². The molecule has 174 valence electrons. The van der Waals surface area contributed by atoms with Gasteiger partial charge in [0.25, 0.3) is 0 Å². The highest BCUT2D eigenvalue weighted by Crippen LogP contribution is 2.40. The SMILES string of the molecule is COc1ccc(NC(=O)[C@@H]2CCN(c3cc4oc5ccccc5c4cc3OC)C2=O)cc1OC. The van der Waals surface area contributed by atoms with Gasteiger partial charge in [-0.1, -0.05) is 18.2 Å². The number of hydrogen-bond donors (Lipinski definition) is 1. The molecule has 5 rings (SSSR count). The largest absolute Gasteiger partial charge is 0.495 e. The summed E-state index contributed by atoms with van der Waals surface area (Å²) >= 11 is 0. The number of fused-ring (bicyclic) bond motifs is 3. The zero-order chi connectivity index (χ0) is 23.8. The molecular formula is C26H24N2O6. The van der Waals surface area contributed by atoms with Crippen molar-refractivity contribution in [3.05, 3.63) is 54.6 Å². The van der Waals surface area contributed by atoms with Gasteiger partial charge in [0.2, 0.25) is 11.8 Å². The molecule has 1 saturated heterocycles. The van der Waals surface area contributed by atoms with E-state index >= 15 is 0 Å². The number of nitrogens with zero attached hydrogens (tertiary/aromatic N) is 1. The summed E-state index contributed by atoms with van der Waals surface area (Å²) in [5.41, 5.74) is 2.52. The van der Waals surface area contributed by atoms with Crippen LogP contribution >= 0.6 is 0 Å². The van der Waals surface area contributed by atoms with Gasteiger partial charge in [0.05, 0.1) is 27.0 Å². The molecular weight excluding hydrogens is 436 g/mol. The number of hydrogen-bond acceptors (Lipinski definition) is 6. The van der Waals surface area contributed by atoms with Crippen molar-refractivity contribution in [2.45, 2.75) is 6.42 Å². The van der Waals surface area contributed by atoms with E-state index in [1.54, 1.807) is 43.4 Å². The second kappa shape index (κ2) is 8.62. The molecule has 0 bridgehead atoms. The van der Waals surface area contributed by atoms with Crippen LogP contribution < -0.4 is 24.4 Å². The van der Waals surface area contributed by atoms with Gasteiger partial charge in [0.15, 0.2) is 11.5 Å². The third-order valence-corrected chi connectivity index (χ3v) is 6.14. The Balaban J connectivity index is 1.41. The van der Waals surface area contributed by atoms with E-state index in [1.165, 1.54) is 7.11 Å². The monoisotopic (exact) mass is 460 g/mol. The molecule has 1 N–H and O–H groups in total.